The molecule has 2 aromatic rings. The summed E-state index contributed by atoms with van der Waals surface area (Å²) < 4.78 is 0. The van der Waals surface area contributed by atoms with E-state index in [1.807, 2.05) is 12.1 Å². The van der Waals surface area contributed by atoms with Crippen molar-refractivity contribution in [2.45, 2.75) is 27.7 Å². The highest BCUT2D eigenvalue weighted by atomic mass is 15.0. The van der Waals surface area contributed by atoms with Gasteiger partial charge in [0, 0.05) is 22.8 Å². The third kappa shape index (κ3) is 3.41. The number of rotatable bonds is 4. The van der Waals surface area contributed by atoms with Crippen LogP contribution in [0.15, 0.2) is 59.9 Å². The number of hydrogen-bond donors (Lipinski definition) is 2. The van der Waals surface area contributed by atoms with E-state index in [2.05, 4.69) is 74.7 Å². The molecule has 0 amide bonds. The van der Waals surface area contributed by atoms with Gasteiger partial charge in [0.2, 0.25) is 0 Å². The molecule has 0 aromatic heterocycles. The number of para-hydroxylation sites is 2. The van der Waals surface area contributed by atoms with Crippen LogP contribution in [0.25, 0.3) is 0 Å². The molecule has 2 nitrogen and oxygen atoms in total. The van der Waals surface area contributed by atoms with Crippen LogP contribution in [0.2, 0.25) is 0 Å². The standard InChI is InChI=1S/C18H22N2/c1-13-9-5-7-11-17(13)19-15(3)16(4)20-18-12-8-6-10-14(18)2/h5-12,19-20H,1-4H3/b16-15+. The van der Waals surface area contributed by atoms with Crippen LogP contribution < -0.4 is 10.6 Å². The molecule has 0 aliphatic rings. The van der Waals surface area contributed by atoms with Gasteiger partial charge in [0.05, 0.1) is 0 Å². The van der Waals surface area contributed by atoms with Gasteiger partial charge in [-0.2, -0.15) is 0 Å². The zero-order chi connectivity index (χ0) is 14.5. The highest BCUT2D eigenvalue weighted by Gasteiger charge is 2.02. The molecule has 0 aliphatic carbocycles. The van der Waals surface area contributed by atoms with Crippen molar-refractivity contribution < 1.29 is 0 Å². The fourth-order valence-electron chi connectivity index (χ4n) is 2.02. The van der Waals surface area contributed by atoms with E-state index in [9.17, 15) is 0 Å². The fourth-order valence-corrected chi connectivity index (χ4v) is 2.02. The Labute approximate surface area is 121 Å². The second kappa shape index (κ2) is 6.29. The number of allylic oxidation sites excluding steroid dienone is 2. The number of aryl methyl sites for hydroxylation is 2. The maximum Gasteiger partial charge on any atom is 0.0411 e. The van der Waals surface area contributed by atoms with E-state index in [4.69, 9.17) is 0 Å². The first-order valence-electron chi connectivity index (χ1n) is 6.90. The predicted molar refractivity (Wildman–Crippen MR) is 88.0 cm³/mol. The molecule has 0 atom stereocenters. The van der Waals surface area contributed by atoms with Gasteiger partial charge >= 0.3 is 0 Å². The van der Waals surface area contributed by atoms with Crippen LogP contribution in [0.4, 0.5) is 11.4 Å². The number of benzene rings is 2. The molecule has 104 valence electrons. The van der Waals surface area contributed by atoms with Gasteiger partial charge in [-0.3, -0.25) is 0 Å². The van der Waals surface area contributed by atoms with E-state index < -0.39 is 0 Å². The summed E-state index contributed by atoms with van der Waals surface area (Å²) in [5.41, 5.74) is 7.04. The third-order valence-electron chi connectivity index (χ3n) is 3.50. The first kappa shape index (κ1) is 14.2. The molecule has 20 heavy (non-hydrogen) atoms. The first-order valence-corrected chi connectivity index (χ1v) is 6.90. The Morgan fingerprint density at radius 2 is 1.00 bits per heavy atom. The normalized spacial score (nSPS) is 11.8. The second-order valence-corrected chi connectivity index (χ2v) is 5.13. The van der Waals surface area contributed by atoms with Crippen molar-refractivity contribution in [1.82, 2.24) is 0 Å². The Hall–Kier alpha value is -2.22. The molecule has 0 fully saturated rings. The number of nitrogens with one attached hydrogen (secondary N) is 2. The van der Waals surface area contributed by atoms with Gasteiger partial charge < -0.3 is 10.6 Å². The minimum absolute atomic E-state index is 1.13. The number of hydrogen-bond acceptors (Lipinski definition) is 2. The van der Waals surface area contributed by atoms with E-state index in [-0.39, 0.29) is 0 Å². The Balaban J connectivity index is 2.16. The average molecular weight is 266 g/mol. The monoisotopic (exact) mass is 266 g/mol. The Morgan fingerprint density at radius 1 is 0.650 bits per heavy atom. The van der Waals surface area contributed by atoms with Crippen molar-refractivity contribution >= 4 is 11.4 Å². The summed E-state index contributed by atoms with van der Waals surface area (Å²) in [6.07, 6.45) is 0. The van der Waals surface area contributed by atoms with E-state index in [1.165, 1.54) is 11.1 Å². The number of anilines is 2. The molecule has 2 rings (SSSR count). The second-order valence-electron chi connectivity index (χ2n) is 5.13. The maximum absolute atomic E-state index is 3.47. The molecular formula is C18H22N2. The summed E-state index contributed by atoms with van der Waals surface area (Å²) >= 11 is 0. The Bertz CT molecular complexity index is 571. The minimum atomic E-state index is 1.13. The summed E-state index contributed by atoms with van der Waals surface area (Å²) in [6.45, 7) is 8.40. The lowest BCUT2D eigenvalue weighted by atomic mass is 10.2. The van der Waals surface area contributed by atoms with Crippen molar-refractivity contribution in [2.24, 2.45) is 0 Å². The van der Waals surface area contributed by atoms with E-state index >= 15 is 0 Å². The van der Waals surface area contributed by atoms with Gasteiger partial charge in [-0.15, -0.1) is 0 Å². The lowest BCUT2D eigenvalue weighted by Gasteiger charge is -2.15. The smallest absolute Gasteiger partial charge is 0.0411 e. The van der Waals surface area contributed by atoms with Gasteiger partial charge in [0.15, 0.2) is 0 Å². The molecule has 0 aliphatic heterocycles. The summed E-state index contributed by atoms with van der Waals surface area (Å²) in [5.74, 6) is 0. The van der Waals surface area contributed by atoms with Gasteiger partial charge in [0.25, 0.3) is 0 Å². The van der Waals surface area contributed by atoms with Crippen molar-refractivity contribution in [3.8, 4) is 0 Å². The maximum atomic E-state index is 3.47. The molecule has 2 N–H and O–H groups in total. The molecule has 0 saturated carbocycles. The largest absolute Gasteiger partial charge is 0.358 e. The van der Waals surface area contributed by atoms with E-state index in [0.717, 1.165) is 22.8 Å². The lowest BCUT2D eigenvalue weighted by Crippen LogP contribution is -2.06. The van der Waals surface area contributed by atoms with Crippen molar-refractivity contribution in [3.05, 3.63) is 71.1 Å². The molecule has 0 unspecified atom stereocenters. The molecule has 0 spiro atoms. The topological polar surface area (TPSA) is 24.1 Å². The average Bonchev–Trinajstić information content (AvgIpc) is 2.43. The van der Waals surface area contributed by atoms with Gasteiger partial charge in [-0.1, -0.05) is 36.4 Å². The van der Waals surface area contributed by atoms with Crippen LogP contribution in [0.3, 0.4) is 0 Å². The zero-order valence-corrected chi connectivity index (χ0v) is 12.6. The van der Waals surface area contributed by atoms with Crippen LogP contribution in [0, 0.1) is 13.8 Å². The molecule has 0 saturated heterocycles. The fraction of sp³-hybridized carbons (Fsp3) is 0.222. The van der Waals surface area contributed by atoms with E-state index in [1.54, 1.807) is 0 Å². The van der Waals surface area contributed by atoms with Crippen LogP contribution in [0.1, 0.15) is 25.0 Å². The zero-order valence-electron chi connectivity index (χ0n) is 12.6. The van der Waals surface area contributed by atoms with Gasteiger partial charge in [0.1, 0.15) is 0 Å². The molecule has 0 bridgehead atoms. The molecule has 0 radical (unpaired) electrons. The molecule has 2 heteroatoms. The Morgan fingerprint density at radius 3 is 1.35 bits per heavy atom. The molecule has 2 aromatic carbocycles. The van der Waals surface area contributed by atoms with Crippen LogP contribution in [0.5, 0.6) is 0 Å². The van der Waals surface area contributed by atoms with Crippen molar-refractivity contribution in [3.63, 3.8) is 0 Å². The predicted octanol–water partition coefficient (Wildman–Crippen LogP) is 5.08. The summed E-state index contributed by atoms with van der Waals surface area (Å²) in [6, 6.07) is 16.6. The van der Waals surface area contributed by atoms with Crippen LogP contribution >= 0.6 is 0 Å². The van der Waals surface area contributed by atoms with Crippen LogP contribution in [-0.4, -0.2) is 0 Å². The summed E-state index contributed by atoms with van der Waals surface area (Å²) in [7, 11) is 0. The quantitative estimate of drug-likeness (QED) is 0.806. The first-order chi connectivity index (χ1) is 9.58. The minimum Gasteiger partial charge on any atom is -0.358 e. The van der Waals surface area contributed by atoms with Crippen molar-refractivity contribution in [1.29, 1.82) is 0 Å². The summed E-state index contributed by atoms with van der Waals surface area (Å²) in [4.78, 5) is 0. The summed E-state index contributed by atoms with van der Waals surface area (Å²) in [5, 5.41) is 6.93. The highest BCUT2D eigenvalue weighted by Crippen LogP contribution is 2.20. The SMILES string of the molecule is C/C(Nc1ccccc1C)=C(/C)Nc1ccccc1C. The lowest BCUT2D eigenvalue weighted by molar-refractivity contribution is 1.22. The van der Waals surface area contributed by atoms with Gasteiger partial charge in [-0.05, 0) is 51.0 Å². The molecular weight excluding hydrogens is 244 g/mol. The Kier molecular flexibility index (Phi) is 4.46. The van der Waals surface area contributed by atoms with Crippen LogP contribution in [-0.2, 0) is 0 Å². The van der Waals surface area contributed by atoms with Crippen molar-refractivity contribution in [2.75, 3.05) is 10.6 Å². The van der Waals surface area contributed by atoms with E-state index in [0.29, 0.717) is 0 Å². The van der Waals surface area contributed by atoms with Gasteiger partial charge in [-0.25, -0.2) is 0 Å². The third-order valence-corrected chi connectivity index (χ3v) is 3.50. The molecule has 0 heterocycles. The highest BCUT2D eigenvalue weighted by molar-refractivity contribution is 5.58.